The van der Waals surface area contributed by atoms with E-state index in [1.165, 1.54) is 0 Å². The first kappa shape index (κ1) is 9.44. The molecule has 5 heteroatoms. The van der Waals surface area contributed by atoms with Crippen LogP contribution in [0.25, 0.3) is 0 Å². The predicted octanol–water partition coefficient (Wildman–Crippen LogP) is -1.15. The third-order valence-corrected chi connectivity index (χ3v) is 2.05. The molecular formula is C7H13NO4. The van der Waals surface area contributed by atoms with Gasteiger partial charge in [-0.3, -0.25) is 9.69 Å². The number of rotatable bonds is 3. The van der Waals surface area contributed by atoms with E-state index in [0.717, 1.165) is 6.42 Å². The fraction of sp³-hybridized carbons (Fsp3) is 0.857. The van der Waals surface area contributed by atoms with Gasteiger partial charge in [0.25, 0.3) is 0 Å². The summed E-state index contributed by atoms with van der Waals surface area (Å²) in [5.41, 5.74) is 0. The van der Waals surface area contributed by atoms with E-state index in [-0.39, 0.29) is 6.54 Å². The Morgan fingerprint density at radius 3 is 2.75 bits per heavy atom. The van der Waals surface area contributed by atoms with Crippen LogP contribution in [0.3, 0.4) is 0 Å². The van der Waals surface area contributed by atoms with Crippen LogP contribution in [0.4, 0.5) is 0 Å². The summed E-state index contributed by atoms with van der Waals surface area (Å²) in [5.74, 6) is -0.881. The zero-order valence-corrected chi connectivity index (χ0v) is 6.68. The van der Waals surface area contributed by atoms with Crippen LogP contribution in [0.1, 0.15) is 12.8 Å². The highest BCUT2D eigenvalue weighted by molar-refractivity contribution is 5.73. The summed E-state index contributed by atoms with van der Waals surface area (Å²) >= 11 is 0. The molecule has 1 atom stereocenters. The number of nitrogens with zero attached hydrogens (tertiary/aromatic N) is 1. The lowest BCUT2D eigenvalue weighted by Gasteiger charge is -2.21. The third kappa shape index (κ3) is 2.17. The molecule has 0 saturated carbocycles. The molecule has 1 aliphatic rings. The number of β-amino-alcohol motifs (C(OH)–C–C–N with tert-alkyl or cyclic N) is 2. The Morgan fingerprint density at radius 1 is 1.58 bits per heavy atom. The van der Waals surface area contributed by atoms with Gasteiger partial charge in [-0.15, -0.1) is 0 Å². The highest BCUT2D eigenvalue weighted by Gasteiger charge is 2.30. The fourth-order valence-corrected chi connectivity index (χ4v) is 1.53. The number of aliphatic hydroxyl groups is 2. The normalized spacial score (nSPS) is 25.1. The largest absolute Gasteiger partial charge is 0.480 e. The Kier molecular flexibility index (Phi) is 3.02. The number of carboxylic acids is 1. The van der Waals surface area contributed by atoms with E-state index >= 15 is 0 Å². The summed E-state index contributed by atoms with van der Waals surface area (Å²) in [6.45, 7) is 0.658. The first-order valence-electron chi connectivity index (χ1n) is 3.94. The van der Waals surface area contributed by atoms with Crippen molar-refractivity contribution in [1.29, 1.82) is 0 Å². The van der Waals surface area contributed by atoms with Crippen molar-refractivity contribution in [2.24, 2.45) is 0 Å². The van der Waals surface area contributed by atoms with Crippen LogP contribution in [0.2, 0.25) is 0 Å². The van der Waals surface area contributed by atoms with E-state index in [1.54, 1.807) is 4.90 Å². The Bertz CT molecular complexity index is 171. The van der Waals surface area contributed by atoms with Crippen molar-refractivity contribution < 1.29 is 20.1 Å². The predicted molar refractivity (Wildman–Crippen MR) is 40.5 cm³/mol. The minimum Gasteiger partial charge on any atom is -0.480 e. The van der Waals surface area contributed by atoms with Crippen molar-refractivity contribution in [2.45, 2.75) is 25.2 Å². The van der Waals surface area contributed by atoms with E-state index in [0.29, 0.717) is 13.0 Å². The number of hydrogen-bond acceptors (Lipinski definition) is 4. The van der Waals surface area contributed by atoms with Crippen LogP contribution in [-0.2, 0) is 4.79 Å². The maximum atomic E-state index is 10.6. The van der Waals surface area contributed by atoms with Gasteiger partial charge in [0, 0.05) is 6.54 Å². The molecule has 0 aromatic carbocycles. The topological polar surface area (TPSA) is 81.0 Å². The van der Waals surface area contributed by atoms with Gasteiger partial charge >= 0.3 is 5.97 Å². The van der Waals surface area contributed by atoms with E-state index in [9.17, 15) is 4.79 Å². The van der Waals surface area contributed by atoms with Crippen molar-refractivity contribution in [3.05, 3.63) is 0 Å². The number of aliphatic carboxylic acids is 1. The van der Waals surface area contributed by atoms with E-state index in [1.807, 2.05) is 0 Å². The zero-order chi connectivity index (χ0) is 9.14. The third-order valence-electron chi connectivity index (χ3n) is 2.05. The number of carboxylic acid groups (broad SMARTS) is 1. The summed E-state index contributed by atoms with van der Waals surface area (Å²) in [6.07, 6.45) is -0.0314. The Morgan fingerprint density at radius 2 is 2.25 bits per heavy atom. The van der Waals surface area contributed by atoms with Gasteiger partial charge in [0.15, 0.2) is 6.29 Å². The molecule has 5 nitrogen and oxygen atoms in total. The molecule has 0 amide bonds. The molecule has 1 aliphatic heterocycles. The number of likely N-dealkylation sites (tertiary alicyclic amines) is 1. The minimum atomic E-state index is -1.44. The highest BCUT2D eigenvalue weighted by atomic mass is 16.5. The van der Waals surface area contributed by atoms with Crippen molar-refractivity contribution in [2.75, 3.05) is 13.1 Å². The molecule has 1 rings (SSSR count). The smallest absolute Gasteiger partial charge is 0.320 e. The van der Waals surface area contributed by atoms with E-state index in [2.05, 4.69) is 0 Å². The summed E-state index contributed by atoms with van der Waals surface area (Å²) in [7, 11) is 0. The summed E-state index contributed by atoms with van der Waals surface area (Å²) in [6, 6.07) is -0.535. The van der Waals surface area contributed by atoms with Crippen molar-refractivity contribution in [3.63, 3.8) is 0 Å². The zero-order valence-electron chi connectivity index (χ0n) is 6.68. The summed E-state index contributed by atoms with van der Waals surface area (Å²) in [4.78, 5) is 12.2. The maximum Gasteiger partial charge on any atom is 0.320 e. The first-order valence-corrected chi connectivity index (χ1v) is 3.94. The first-order chi connectivity index (χ1) is 5.61. The molecule has 1 unspecified atom stereocenters. The van der Waals surface area contributed by atoms with Crippen LogP contribution in [0, 0.1) is 0 Å². The van der Waals surface area contributed by atoms with Gasteiger partial charge in [-0.1, -0.05) is 0 Å². The molecule has 0 spiro atoms. The van der Waals surface area contributed by atoms with Gasteiger partial charge < -0.3 is 15.3 Å². The minimum absolute atomic E-state index is 0.0248. The average Bonchev–Trinajstić information content (AvgIpc) is 2.33. The standard InChI is InChI=1S/C7H13NO4/c9-6(10)4-8-3-1-2-5(8)7(11)12/h5-6,9-10H,1-4H2,(H,11,12). The van der Waals surface area contributed by atoms with Gasteiger partial charge in [0.2, 0.25) is 0 Å². The number of aliphatic hydroxyl groups excluding tert-OH is 1. The van der Waals surface area contributed by atoms with Crippen LogP contribution in [-0.4, -0.2) is 51.6 Å². The molecular weight excluding hydrogens is 162 g/mol. The fourth-order valence-electron chi connectivity index (χ4n) is 1.53. The van der Waals surface area contributed by atoms with Gasteiger partial charge in [0.05, 0.1) is 0 Å². The van der Waals surface area contributed by atoms with Gasteiger partial charge in [-0.05, 0) is 19.4 Å². The molecule has 3 N–H and O–H groups in total. The number of carbonyl (C=O) groups is 1. The molecule has 0 aliphatic carbocycles. The van der Waals surface area contributed by atoms with Crippen LogP contribution >= 0.6 is 0 Å². The second-order valence-electron chi connectivity index (χ2n) is 2.97. The molecule has 0 radical (unpaired) electrons. The lowest BCUT2D eigenvalue weighted by Crippen LogP contribution is -2.40. The van der Waals surface area contributed by atoms with Crippen molar-refractivity contribution in [1.82, 2.24) is 4.90 Å². The second kappa shape index (κ2) is 3.84. The van der Waals surface area contributed by atoms with Crippen molar-refractivity contribution in [3.8, 4) is 0 Å². The molecule has 12 heavy (non-hydrogen) atoms. The van der Waals surface area contributed by atoms with Gasteiger partial charge in [0.1, 0.15) is 6.04 Å². The average molecular weight is 175 g/mol. The Hall–Kier alpha value is -0.650. The molecule has 0 bridgehead atoms. The molecule has 1 heterocycles. The van der Waals surface area contributed by atoms with Crippen LogP contribution < -0.4 is 0 Å². The lowest BCUT2D eigenvalue weighted by atomic mass is 10.2. The monoisotopic (exact) mass is 175 g/mol. The lowest BCUT2D eigenvalue weighted by molar-refractivity contribution is -0.144. The van der Waals surface area contributed by atoms with E-state index in [4.69, 9.17) is 15.3 Å². The summed E-state index contributed by atoms with van der Waals surface area (Å²) < 4.78 is 0. The highest BCUT2D eigenvalue weighted by Crippen LogP contribution is 2.16. The number of hydrogen-bond donors (Lipinski definition) is 3. The molecule has 0 aromatic heterocycles. The Labute approximate surface area is 70.2 Å². The van der Waals surface area contributed by atoms with Gasteiger partial charge in [-0.25, -0.2) is 0 Å². The SMILES string of the molecule is O=C(O)C1CCCN1CC(O)O. The molecule has 1 saturated heterocycles. The molecule has 0 aromatic rings. The Balaban J connectivity index is 2.46. The van der Waals surface area contributed by atoms with Crippen LogP contribution in [0.15, 0.2) is 0 Å². The molecule has 70 valence electrons. The quantitative estimate of drug-likeness (QED) is 0.472. The molecule has 1 fully saturated rings. The second-order valence-corrected chi connectivity index (χ2v) is 2.97. The summed E-state index contributed by atoms with van der Waals surface area (Å²) in [5, 5.41) is 26.0. The van der Waals surface area contributed by atoms with Crippen molar-refractivity contribution >= 4 is 5.97 Å². The van der Waals surface area contributed by atoms with Crippen LogP contribution in [0.5, 0.6) is 0 Å². The maximum absolute atomic E-state index is 10.6. The van der Waals surface area contributed by atoms with E-state index < -0.39 is 18.3 Å². The van der Waals surface area contributed by atoms with Gasteiger partial charge in [-0.2, -0.15) is 0 Å².